The second-order valence-corrected chi connectivity index (χ2v) is 6.71. The third-order valence-corrected chi connectivity index (χ3v) is 4.41. The minimum Gasteiger partial charge on any atom is -0.504 e. The Bertz CT molecular complexity index is 1170. The number of anilines is 1. The molecule has 0 spiro atoms. The average molecular weight is 426 g/mol. The number of carbonyl (C=O) groups is 1. The maximum absolute atomic E-state index is 11.8. The van der Waals surface area contributed by atoms with Crippen molar-refractivity contribution < 1.29 is 19.7 Å². The van der Waals surface area contributed by atoms with Crippen LogP contribution in [0.25, 0.3) is 0 Å². The molecule has 1 aliphatic rings. The zero-order chi connectivity index (χ0) is 22.8. The summed E-state index contributed by atoms with van der Waals surface area (Å²) in [5, 5.41) is 24.4. The molecule has 6 nitrogen and oxygen atoms in total. The van der Waals surface area contributed by atoms with E-state index in [4.69, 9.17) is 9.84 Å². The summed E-state index contributed by atoms with van der Waals surface area (Å²) in [6.07, 6.45) is 3.09. The molecule has 0 fully saturated rings. The Morgan fingerprint density at radius 2 is 1.62 bits per heavy atom. The summed E-state index contributed by atoms with van der Waals surface area (Å²) in [7, 11) is 0. The average Bonchev–Trinajstić information content (AvgIpc) is 2.82. The highest BCUT2D eigenvalue weighted by Crippen LogP contribution is 2.19. The number of ether oxygens (including phenoxy) is 1. The Morgan fingerprint density at radius 3 is 2.25 bits per heavy atom. The highest BCUT2D eigenvalue weighted by atomic mass is 16.5. The van der Waals surface area contributed by atoms with E-state index in [1.165, 1.54) is 6.26 Å². The largest absolute Gasteiger partial charge is 0.504 e. The van der Waals surface area contributed by atoms with E-state index in [2.05, 4.69) is 40.9 Å². The molecule has 0 unspecified atom stereocenters. The lowest BCUT2D eigenvalue weighted by Crippen LogP contribution is -2.26. The van der Waals surface area contributed by atoms with Crippen molar-refractivity contribution in [3.05, 3.63) is 101 Å². The first-order chi connectivity index (χ1) is 15.6. The molecule has 3 rings (SSSR count). The number of benzene rings is 2. The zero-order valence-electron chi connectivity index (χ0n) is 17.3. The van der Waals surface area contributed by atoms with Crippen molar-refractivity contribution in [1.82, 2.24) is 5.32 Å². The second-order valence-electron chi connectivity index (χ2n) is 6.71. The standard InChI is InChI=1S/C26H22N2O4/c1-19-14-17-32-24(25(19)30)18-28-23-12-8-21(9-13-23)5-3-2-4-20-6-10-22(11-7-20)26(31)27-15-16-29/h6-14,17,28-30H,1,15-16,18H2,(H,27,31). The fourth-order valence-electron chi connectivity index (χ4n) is 2.67. The fraction of sp³-hybridized carbons (Fsp3) is 0.115. The van der Waals surface area contributed by atoms with E-state index in [0.29, 0.717) is 23.4 Å². The number of rotatable bonds is 6. The molecular weight excluding hydrogens is 404 g/mol. The van der Waals surface area contributed by atoms with E-state index in [1.807, 2.05) is 24.3 Å². The molecule has 2 aromatic rings. The molecule has 0 radical (unpaired) electrons. The first-order valence-electron chi connectivity index (χ1n) is 9.86. The predicted molar refractivity (Wildman–Crippen MR) is 124 cm³/mol. The molecule has 4 N–H and O–H groups in total. The minimum atomic E-state index is -0.238. The maximum Gasteiger partial charge on any atom is 0.251 e. The van der Waals surface area contributed by atoms with Gasteiger partial charge in [0.2, 0.25) is 0 Å². The Kier molecular flexibility index (Phi) is 7.75. The van der Waals surface area contributed by atoms with Gasteiger partial charge in [-0.1, -0.05) is 18.4 Å². The van der Waals surface area contributed by atoms with Gasteiger partial charge in [0.15, 0.2) is 11.5 Å². The highest BCUT2D eigenvalue weighted by molar-refractivity contribution is 5.94. The summed E-state index contributed by atoms with van der Waals surface area (Å²) in [4.78, 5) is 11.8. The number of amides is 1. The summed E-state index contributed by atoms with van der Waals surface area (Å²) in [5.74, 6) is 11.7. The van der Waals surface area contributed by atoms with Crippen LogP contribution in [0, 0.1) is 23.7 Å². The van der Waals surface area contributed by atoms with Crippen LogP contribution in [0.5, 0.6) is 0 Å². The van der Waals surface area contributed by atoms with Crippen molar-refractivity contribution in [3.8, 4) is 23.7 Å². The van der Waals surface area contributed by atoms with Crippen LogP contribution in [0.4, 0.5) is 5.69 Å². The van der Waals surface area contributed by atoms with Gasteiger partial charge in [-0.15, -0.1) is 0 Å². The second kappa shape index (κ2) is 11.1. The van der Waals surface area contributed by atoms with Crippen LogP contribution in [-0.4, -0.2) is 35.8 Å². The van der Waals surface area contributed by atoms with E-state index in [0.717, 1.165) is 16.8 Å². The molecule has 1 amide bonds. The summed E-state index contributed by atoms with van der Waals surface area (Å²) in [6, 6.07) is 14.3. The van der Waals surface area contributed by atoms with E-state index < -0.39 is 0 Å². The lowest BCUT2D eigenvalue weighted by Gasteiger charge is -2.15. The van der Waals surface area contributed by atoms with Gasteiger partial charge < -0.3 is 25.6 Å². The van der Waals surface area contributed by atoms with Crippen LogP contribution >= 0.6 is 0 Å². The summed E-state index contributed by atoms with van der Waals surface area (Å²) < 4.78 is 5.30. The van der Waals surface area contributed by atoms with E-state index in [-0.39, 0.29) is 24.8 Å². The molecule has 1 heterocycles. The quantitative estimate of drug-likeness (QED) is 0.533. The number of aliphatic hydroxyl groups excluding tert-OH is 2. The van der Waals surface area contributed by atoms with Gasteiger partial charge in [0.05, 0.1) is 19.4 Å². The van der Waals surface area contributed by atoms with E-state index in [9.17, 15) is 9.90 Å². The van der Waals surface area contributed by atoms with Gasteiger partial charge in [-0.3, -0.25) is 4.79 Å². The smallest absolute Gasteiger partial charge is 0.251 e. The first-order valence-corrected chi connectivity index (χ1v) is 9.86. The molecule has 0 aromatic heterocycles. The van der Waals surface area contributed by atoms with Gasteiger partial charge in [-0.2, -0.15) is 0 Å². The van der Waals surface area contributed by atoms with Crippen LogP contribution in [0.1, 0.15) is 21.5 Å². The molecule has 0 bridgehead atoms. The monoisotopic (exact) mass is 426 g/mol. The van der Waals surface area contributed by atoms with Crippen LogP contribution in [0.15, 0.2) is 84.5 Å². The zero-order valence-corrected chi connectivity index (χ0v) is 17.3. The first kappa shape index (κ1) is 22.3. The fourth-order valence-corrected chi connectivity index (χ4v) is 2.67. The van der Waals surface area contributed by atoms with Crippen LogP contribution in [0.3, 0.4) is 0 Å². The normalized spacial score (nSPS) is 12.1. The molecule has 0 atom stereocenters. The number of nitrogens with one attached hydrogen (secondary N) is 2. The van der Waals surface area contributed by atoms with Crippen LogP contribution in [0.2, 0.25) is 0 Å². The molecule has 6 heteroatoms. The number of hydrogen-bond donors (Lipinski definition) is 4. The Morgan fingerprint density at radius 1 is 1.00 bits per heavy atom. The molecule has 0 saturated carbocycles. The van der Waals surface area contributed by atoms with Gasteiger partial charge in [0, 0.05) is 34.5 Å². The van der Waals surface area contributed by atoms with E-state index in [1.54, 1.807) is 30.3 Å². The SMILES string of the molecule is C=C1C=COC(CNc2ccc(C#CC#Cc3ccc(C(=O)NCCO)cc3)cc2)=C1O. The third-order valence-electron chi connectivity index (χ3n) is 4.41. The molecule has 1 aliphatic heterocycles. The maximum atomic E-state index is 11.8. The van der Waals surface area contributed by atoms with E-state index >= 15 is 0 Å². The summed E-state index contributed by atoms with van der Waals surface area (Å²) >= 11 is 0. The van der Waals surface area contributed by atoms with Crippen molar-refractivity contribution in [2.45, 2.75) is 0 Å². The highest BCUT2D eigenvalue weighted by Gasteiger charge is 2.12. The van der Waals surface area contributed by atoms with Crippen LogP contribution < -0.4 is 10.6 Å². The number of carbonyl (C=O) groups excluding carboxylic acids is 1. The lowest BCUT2D eigenvalue weighted by atomic mass is 10.1. The van der Waals surface area contributed by atoms with Crippen molar-refractivity contribution in [2.24, 2.45) is 0 Å². The van der Waals surface area contributed by atoms with Crippen molar-refractivity contribution >= 4 is 11.6 Å². The van der Waals surface area contributed by atoms with Crippen molar-refractivity contribution in [1.29, 1.82) is 0 Å². The molecule has 160 valence electrons. The molecule has 0 aliphatic carbocycles. The predicted octanol–water partition coefficient (Wildman–Crippen LogP) is 3.09. The summed E-state index contributed by atoms with van der Waals surface area (Å²) in [6.45, 7) is 4.18. The van der Waals surface area contributed by atoms with Gasteiger partial charge in [-0.25, -0.2) is 0 Å². The molecule has 0 saturated heterocycles. The molecular formula is C26H22N2O4. The van der Waals surface area contributed by atoms with Gasteiger partial charge in [0.1, 0.15) is 0 Å². The minimum absolute atomic E-state index is 0.0423. The molecule has 32 heavy (non-hydrogen) atoms. The van der Waals surface area contributed by atoms with Crippen molar-refractivity contribution in [2.75, 3.05) is 25.0 Å². The van der Waals surface area contributed by atoms with Crippen LogP contribution in [-0.2, 0) is 4.74 Å². The number of aliphatic hydroxyl groups is 2. The topological polar surface area (TPSA) is 90.8 Å². The Hall–Kier alpha value is -4.39. The van der Waals surface area contributed by atoms with Gasteiger partial charge in [-0.05, 0) is 66.4 Å². The third kappa shape index (κ3) is 6.30. The number of allylic oxidation sites excluding steroid dienone is 1. The van der Waals surface area contributed by atoms with Crippen molar-refractivity contribution in [3.63, 3.8) is 0 Å². The Labute approximate surface area is 186 Å². The molecule has 2 aromatic carbocycles. The number of hydrogen-bond acceptors (Lipinski definition) is 5. The van der Waals surface area contributed by atoms with Gasteiger partial charge >= 0.3 is 0 Å². The lowest BCUT2D eigenvalue weighted by molar-refractivity contribution is 0.0945. The van der Waals surface area contributed by atoms with Gasteiger partial charge in [0.25, 0.3) is 5.91 Å². The summed E-state index contributed by atoms with van der Waals surface area (Å²) in [5.41, 5.74) is 3.44. The Balaban J connectivity index is 1.53.